The Morgan fingerprint density at radius 3 is 2.58 bits per heavy atom. The van der Waals surface area contributed by atoms with Crippen LogP contribution in [0.25, 0.3) is 0 Å². The molecule has 1 unspecified atom stereocenters. The van der Waals surface area contributed by atoms with E-state index >= 15 is 0 Å². The lowest BCUT2D eigenvalue weighted by atomic mass is 10.1. The molecule has 0 amide bonds. The van der Waals surface area contributed by atoms with Gasteiger partial charge >= 0.3 is 0 Å². The van der Waals surface area contributed by atoms with Gasteiger partial charge in [0.2, 0.25) is 0 Å². The average Bonchev–Trinajstić information content (AvgIpc) is 2.40. The third kappa shape index (κ3) is 3.59. The van der Waals surface area contributed by atoms with Gasteiger partial charge < -0.3 is 5.32 Å². The van der Waals surface area contributed by atoms with Gasteiger partial charge in [-0.2, -0.15) is 5.26 Å². The first-order chi connectivity index (χ1) is 9.19. The van der Waals surface area contributed by atoms with E-state index in [2.05, 4.69) is 42.6 Å². The number of nitrogens with zero attached hydrogens (tertiary/aromatic N) is 1. The standard InChI is InChI=1S/C17H18N2/c1-13-8-9-16(12-18)17(10-13)19-14(2)11-15-6-4-3-5-7-15/h3-10,14,19H,11H2,1-2H3. The van der Waals surface area contributed by atoms with Crippen molar-refractivity contribution in [3.63, 3.8) is 0 Å². The van der Waals surface area contributed by atoms with Crippen molar-refractivity contribution in [1.82, 2.24) is 0 Å². The highest BCUT2D eigenvalue weighted by atomic mass is 14.9. The number of aryl methyl sites for hydroxylation is 1. The quantitative estimate of drug-likeness (QED) is 0.893. The van der Waals surface area contributed by atoms with Gasteiger partial charge in [-0.05, 0) is 43.5 Å². The Morgan fingerprint density at radius 2 is 1.89 bits per heavy atom. The maximum absolute atomic E-state index is 9.12. The first kappa shape index (κ1) is 13.2. The molecular weight excluding hydrogens is 232 g/mol. The van der Waals surface area contributed by atoms with Gasteiger partial charge in [0, 0.05) is 6.04 Å². The second kappa shape index (κ2) is 6.06. The van der Waals surface area contributed by atoms with E-state index in [4.69, 9.17) is 5.26 Å². The average molecular weight is 250 g/mol. The molecule has 0 aliphatic rings. The van der Waals surface area contributed by atoms with Crippen molar-refractivity contribution in [2.24, 2.45) is 0 Å². The molecule has 0 saturated heterocycles. The molecule has 19 heavy (non-hydrogen) atoms. The van der Waals surface area contributed by atoms with Crippen LogP contribution in [0, 0.1) is 18.3 Å². The molecule has 0 fully saturated rings. The van der Waals surface area contributed by atoms with Gasteiger partial charge in [-0.1, -0.05) is 36.4 Å². The van der Waals surface area contributed by atoms with E-state index in [1.54, 1.807) is 0 Å². The third-order valence-electron chi connectivity index (χ3n) is 3.08. The number of nitriles is 1. The van der Waals surface area contributed by atoms with Crippen LogP contribution < -0.4 is 5.32 Å². The monoisotopic (exact) mass is 250 g/mol. The van der Waals surface area contributed by atoms with Gasteiger partial charge in [0.25, 0.3) is 0 Å². The van der Waals surface area contributed by atoms with Crippen molar-refractivity contribution in [2.45, 2.75) is 26.3 Å². The molecule has 2 nitrogen and oxygen atoms in total. The summed E-state index contributed by atoms with van der Waals surface area (Å²) < 4.78 is 0. The highest BCUT2D eigenvalue weighted by molar-refractivity contribution is 5.59. The Morgan fingerprint density at radius 1 is 1.16 bits per heavy atom. The third-order valence-corrected chi connectivity index (χ3v) is 3.08. The van der Waals surface area contributed by atoms with E-state index in [1.807, 2.05) is 31.2 Å². The minimum absolute atomic E-state index is 0.288. The Labute approximate surface area is 114 Å². The van der Waals surface area contributed by atoms with E-state index in [1.165, 1.54) is 5.56 Å². The van der Waals surface area contributed by atoms with Gasteiger partial charge in [0.1, 0.15) is 6.07 Å². The van der Waals surface area contributed by atoms with E-state index in [0.717, 1.165) is 17.7 Å². The largest absolute Gasteiger partial charge is 0.381 e. The van der Waals surface area contributed by atoms with Gasteiger partial charge in [-0.15, -0.1) is 0 Å². The van der Waals surface area contributed by atoms with Crippen LogP contribution in [0.15, 0.2) is 48.5 Å². The van der Waals surface area contributed by atoms with Crippen LogP contribution >= 0.6 is 0 Å². The number of nitrogens with one attached hydrogen (secondary N) is 1. The molecule has 2 aromatic carbocycles. The van der Waals surface area contributed by atoms with Crippen molar-refractivity contribution in [2.75, 3.05) is 5.32 Å². The summed E-state index contributed by atoms with van der Waals surface area (Å²) in [7, 11) is 0. The first-order valence-corrected chi connectivity index (χ1v) is 6.50. The second-order valence-electron chi connectivity index (χ2n) is 4.90. The van der Waals surface area contributed by atoms with Crippen LogP contribution in [-0.2, 0) is 6.42 Å². The second-order valence-corrected chi connectivity index (χ2v) is 4.90. The number of hydrogen-bond donors (Lipinski definition) is 1. The summed E-state index contributed by atoms with van der Waals surface area (Å²) in [6.45, 7) is 4.17. The number of benzene rings is 2. The molecule has 2 rings (SSSR count). The van der Waals surface area contributed by atoms with Crippen LogP contribution in [0.4, 0.5) is 5.69 Å². The molecule has 1 atom stereocenters. The van der Waals surface area contributed by atoms with E-state index in [0.29, 0.717) is 5.56 Å². The van der Waals surface area contributed by atoms with E-state index < -0.39 is 0 Å². The molecule has 0 saturated carbocycles. The highest BCUT2D eigenvalue weighted by Gasteiger charge is 2.07. The Bertz CT molecular complexity index is 582. The lowest BCUT2D eigenvalue weighted by Gasteiger charge is -2.16. The summed E-state index contributed by atoms with van der Waals surface area (Å²) in [5.41, 5.74) is 4.08. The summed E-state index contributed by atoms with van der Waals surface area (Å²) >= 11 is 0. The highest BCUT2D eigenvalue weighted by Crippen LogP contribution is 2.18. The van der Waals surface area contributed by atoms with Crippen molar-refractivity contribution >= 4 is 5.69 Å². The number of anilines is 1. The molecule has 0 bridgehead atoms. The lowest BCUT2D eigenvalue weighted by molar-refractivity contribution is 0.790. The van der Waals surface area contributed by atoms with E-state index in [9.17, 15) is 0 Å². The number of rotatable bonds is 4. The zero-order valence-electron chi connectivity index (χ0n) is 11.4. The molecule has 1 N–H and O–H groups in total. The molecule has 2 aromatic rings. The van der Waals surface area contributed by atoms with Gasteiger partial charge in [0.15, 0.2) is 0 Å². The zero-order valence-corrected chi connectivity index (χ0v) is 11.4. The molecule has 0 aromatic heterocycles. The lowest BCUT2D eigenvalue weighted by Crippen LogP contribution is -2.18. The van der Waals surface area contributed by atoms with Crippen molar-refractivity contribution < 1.29 is 0 Å². The maximum Gasteiger partial charge on any atom is 0.101 e. The zero-order chi connectivity index (χ0) is 13.7. The van der Waals surface area contributed by atoms with Crippen LogP contribution in [-0.4, -0.2) is 6.04 Å². The summed E-state index contributed by atoms with van der Waals surface area (Å²) in [4.78, 5) is 0. The van der Waals surface area contributed by atoms with Crippen molar-refractivity contribution in [1.29, 1.82) is 5.26 Å². The number of hydrogen-bond acceptors (Lipinski definition) is 2. The van der Waals surface area contributed by atoms with Gasteiger partial charge in [-0.3, -0.25) is 0 Å². The molecule has 0 radical (unpaired) electrons. The fraction of sp³-hybridized carbons (Fsp3) is 0.235. The van der Waals surface area contributed by atoms with Gasteiger partial charge in [0.05, 0.1) is 11.3 Å². The van der Waals surface area contributed by atoms with Crippen molar-refractivity contribution in [3.05, 3.63) is 65.2 Å². The van der Waals surface area contributed by atoms with E-state index in [-0.39, 0.29) is 6.04 Å². The smallest absolute Gasteiger partial charge is 0.101 e. The maximum atomic E-state index is 9.12. The minimum atomic E-state index is 0.288. The van der Waals surface area contributed by atoms with Crippen LogP contribution in [0.3, 0.4) is 0 Å². The summed E-state index contributed by atoms with van der Waals surface area (Å²) in [6.07, 6.45) is 0.944. The minimum Gasteiger partial charge on any atom is -0.381 e. The predicted octanol–water partition coefficient (Wildman–Crippen LogP) is 3.91. The Kier molecular flexibility index (Phi) is 4.20. The molecule has 96 valence electrons. The Balaban J connectivity index is 2.09. The fourth-order valence-electron chi connectivity index (χ4n) is 2.16. The normalized spacial score (nSPS) is 11.6. The molecule has 0 spiro atoms. The Hall–Kier alpha value is -2.27. The molecule has 0 aliphatic carbocycles. The SMILES string of the molecule is Cc1ccc(C#N)c(NC(C)Cc2ccccc2)c1. The molecule has 0 aliphatic heterocycles. The topological polar surface area (TPSA) is 35.8 Å². The molecular formula is C17H18N2. The summed E-state index contributed by atoms with van der Waals surface area (Å²) in [5.74, 6) is 0. The predicted molar refractivity (Wildman–Crippen MR) is 79.1 cm³/mol. The summed E-state index contributed by atoms with van der Waals surface area (Å²) in [6, 6.07) is 18.8. The van der Waals surface area contributed by atoms with Crippen LogP contribution in [0.2, 0.25) is 0 Å². The van der Waals surface area contributed by atoms with Crippen LogP contribution in [0.1, 0.15) is 23.6 Å². The van der Waals surface area contributed by atoms with Crippen molar-refractivity contribution in [3.8, 4) is 6.07 Å². The van der Waals surface area contributed by atoms with Crippen LogP contribution in [0.5, 0.6) is 0 Å². The molecule has 2 heteroatoms. The molecule has 0 heterocycles. The summed E-state index contributed by atoms with van der Waals surface area (Å²) in [5, 5.41) is 12.6. The van der Waals surface area contributed by atoms with Gasteiger partial charge in [-0.25, -0.2) is 0 Å². The first-order valence-electron chi connectivity index (χ1n) is 6.50. The fourth-order valence-corrected chi connectivity index (χ4v) is 2.16.